The summed E-state index contributed by atoms with van der Waals surface area (Å²) < 4.78 is 0. The third-order valence-electron chi connectivity index (χ3n) is 2.67. The van der Waals surface area contributed by atoms with Crippen LogP contribution in [0.4, 0.5) is 0 Å². The Labute approximate surface area is 88.9 Å². The molecule has 1 aliphatic carbocycles. The summed E-state index contributed by atoms with van der Waals surface area (Å²) >= 11 is 1.71. The molecule has 1 aromatic heterocycles. The molecule has 0 bridgehead atoms. The van der Waals surface area contributed by atoms with E-state index in [1.54, 1.807) is 11.3 Å². The molecule has 0 fully saturated rings. The van der Waals surface area contributed by atoms with Crippen molar-refractivity contribution in [1.29, 1.82) is 0 Å². The van der Waals surface area contributed by atoms with Crippen LogP contribution in [0, 0.1) is 6.92 Å². The van der Waals surface area contributed by atoms with E-state index in [0.717, 1.165) is 11.4 Å². The van der Waals surface area contributed by atoms with Gasteiger partial charge in [-0.25, -0.2) is 4.98 Å². The van der Waals surface area contributed by atoms with Crippen LogP contribution in [0.2, 0.25) is 0 Å². The highest BCUT2D eigenvalue weighted by Crippen LogP contribution is 2.30. The molecule has 0 aromatic carbocycles. The molecule has 0 saturated heterocycles. The van der Waals surface area contributed by atoms with Crippen LogP contribution < -0.4 is 5.73 Å². The van der Waals surface area contributed by atoms with Crippen molar-refractivity contribution in [3.63, 3.8) is 0 Å². The van der Waals surface area contributed by atoms with Crippen molar-refractivity contribution in [2.24, 2.45) is 5.73 Å². The Hall–Kier alpha value is -0.670. The average molecular weight is 208 g/mol. The Morgan fingerprint density at radius 1 is 1.50 bits per heavy atom. The van der Waals surface area contributed by atoms with E-state index >= 15 is 0 Å². The topological polar surface area (TPSA) is 38.9 Å². The third kappa shape index (κ3) is 2.04. The number of thiazole rings is 1. The van der Waals surface area contributed by atoms with E-state index in [-0.39, 0.29) is 6.04 Å². The minimum absolute atomic E-state index is 0.0986. The van der Waals surface area contributed by atoms with E-state index in [4.69, 9.17) is 5.73 Å². The van der Waals surface area contributed by atoms with Crippen LogP contribution in [-0.4, -0.2) is 4.98 Å². The maximum absolute atomic E-state index is 6.19. The molecule has 14 heavy (non-hydrogen) atoms. The maximum atomic E-state index is 6.19. The maximum Gasteiger partial charge on any atom is 0.0897 e. The summed E-state index contributed by atoms with van der Waals surface area (Å²) in [4.78, 5) is 5.45. The van der Waals surface area contributed by atoms with Gasteiger partial charge in [0.1, 0.15) is 0 Å². The van der Waals surface area contributed by atoms with E-state index in [1.165, 1.54) is 29.7 Å². The summed E-state index contributed by atoms with van der Waals surface area (Å²) in [6, 6.07) is 0.0986. The number of hydrogen-bond acceptors (Lipinski definition) is 3. The van der Waals surface area contributed by atoms with Crippen LogP contribution in [0.25, 0.3) is 0 Å². The predicted molar refractivity (Wildman–Crippen MR) is 60.3 cm³/mol. The van der Waals surface area contributed by atoms with Crippen LogP contribution in [0.1, 0.15) is 41.6 Å². The fraction of sp³-hybridized carbons (Fsp3) is 0.545. The van der Waals surface area contributed by atoms with Gasteiger partial charge in [0.05, 0.1) is 11.0 Å². The summed E-state index contributed by atoms with van der Waals surface area (Å²) in [6.45, 7) is 2.02. The zero-order chi connectivity index (χ0) is 9.97. The first-order valence-corrected chi connectivity index (χ1v) is 5.96. The lowest BCUT2D eigenvalue weighted by molar-refractivity contribution is 0.652. The first kappa shape index (κ1) is 9.87. The Kier molecular flexibility index (Phi) is 2.99. The molecular weight excluding hydrogens is 192 g/mol. The molecule has 0 radical (unpaired) electrons. The number of hydrogen-bond donors (Lipinski definition) is 1. The molecule has 1 heterocycles. The van der Waals surface area contributed by atoms with Crippen LogP contribution in [0.15, 0.2) is 17.8 Å². The van der Waals surface area contributed by atoms with E-state index in [1.807, 2.05) is 13.1 Å². The normalized spacial score (nSPS) is 19.1. The van der Waals surface area contributed by atoms with Gasteiger partial charge >= 0.3 is 0 Å². The fourth-order valence-corrected chi connectivity index (χ4v) is 2.68. The Bertz CT molecular complexity index is 341. The van der Waals surface area contributed by atoms with Crippen molar-refractivity contribution >= 4 is 11.3 Å². The second-order valence-electron chi connectivity index (χ2n) is 3.78. The summed E-state index contributed by atoms with van der Waals surface area (Å²) in [6.07, 6.45) is 9.19. The van der Waals surface area contributed by atoms with Gasteiger partial charge in [-0.05, 0) is 32.6 Å². The number of allylic oxidation sites excluding steroid dienone is 1. The molecule has 0 amide bonds. The molecule has 1 unspecified atom stereocenters. The Morgan fingerprint density at radius 2 is 2.36 bits per heavy atom. The monoisotopic (exact) mass is 208 g/mol. The van der Waals surface area contributed by atoms with E-state index in [2.05, 4.69) is 11.1 Å². The summed E-state index contributed by atoms with van der Waals surface area (Å²) in [5.74, 6) is 0. The summed E-state index contributed by atoms with van der Waals surface area (Å²) in [5.41, 5.74) is 7.59. The molecular formula is C11H16N2S. The molecule has 0 saturated carbocycles. The fourth-order valence-electron chi connectivity index (χ4n) is 1.85. The highest BCUT2D eigenvalue weighted by Gasteiger charge is 2.15. The highest BCUT2D eigenvalue weighted by molar-refractivity contribution is 7.11. The predicted octanol–water partition coefficient (Wildman–Crippen LogP) is 2.95. The van der Waals surface area contributed by atoms with Gasteiger partial charge in [0.25, 0.3) is 0 Å². The molecule has 3 heteroatoms. The first-order chi connectivity index (χ1) is 6.77. The van der Waals surface area contributed by atoms with Crippen molar-refractivity contribution in [3.8, 4) is 0 Å². The number of aromatic nitrogens is 1. The van der Waals surface area contributed by atoms with Crippen LogP contribution in [-0.2, 0) is 0 Å². The molecule has 2 N–H and O–H groups in total. The third-order valence-corrected chi connectivity index (χ3v) is 3.67. The van der Waals surface area contributed by atoms with Crippen molar-refractivity contribution in [1.82, 2.24) is 4.98 Å². The lowest BCUT2D eigenvalue weighted by Gasteiger charge is -2.17. The van der Waals surface area contributed by atoms with Crippen molar-refractivity contribution < 1.29 is 0 Å². The van der Waals surface area contributed by atoms with E-state index in [9.17, 15) is 0 Å². The Balaban J connectivity index is 2.14. The van der Waals surface area contributed by atoms with Gasteiger partial charge in [0.15, 0.2) is 0 Å². The minimum atomic E-state index is 0.0986. The first-order valence-electron chi connectivity index (χ1n) is 5.14. The Morgan fingerprint density at radius 3 is 2.93 bits per heavy atom. The molecule has 0 aliphatic heterocycles. The molecule has 2 nitrogen and oxygen atoms in total. The molecule has 1 atom stereocenters. The van der Waals surface area contributed by atoms with Gasteiger partial charge in [-0.2, -0.15) is 0 Å². The van der Waals surface area contributed by atoms with Gasteiger partial charge in [0, 0.05) is 11.1 Å². The molecule has 0 spiro atoms. The highest BCUT2D eigenvalue weighted by atomic mass is 32.1. The molecule has 2 rings (SSSR count). The second-order valence-corrected chi connectivity index (χ2v) is 5.05. The SMILES string of the molecule is Cc1ncc(C(N)C2=CCCCC2)s1. The minimum Gasteiger partial charge on any atom is -0.320 e. The smallest absolute Gasteiger partial charge is 0.0897 e. The van der Waals surface area contributed by atoms with Gasteiger partial charge in [0.2, 0.25) is 0 Å². The largest absolute Gasteiger partial charge is 0.320 e. The number of aryl methyl sites for hydroxylation is 1. The summed E-state index contributed by atoms with van der Waals surface area (Å²) in [7, 11) is 0. The molecule has 1 aliphatic rings. The number of nitrogens with two attached hydrogens (primary N) is 1. The van der Waals surface area contributed by atoms with E-state index < -0.39 is 0 Å². The molecule has 1 aromatic rings. The lowest BCUT2D eigenvalue weighted by Crippen LogP contribution is -2.13. The van der Waals surface area contributed by atoms with Crippen LogP contribution in [0.5, 0.6) is 0 Å². The standard InChI is InChI=1S/C11H16N2S/c1-8-13-7-10(14-8)11(12)9-5-3-2-4-6-9/h5,7,11H,2-4,6,12H2,1H3. The van der Waals surface area contributed by atoms with Crippen molar-refractivity contribution in [2.45, 2.75) is 38.6 Å². The van der Waals surface area contributed by atoms with Gasteiger partial charge in [-0.1, -0.05) is 11.6 Å². The van der Waals surface area contributed by atoms with E-state index in [0.29, 0.717) is 0 Å². The van der Waals surface area contributed by atoms with Gasteiger partial charge in [-0.15, -0.1) is 11.3 Å². The van der Waals surface area contributed by atoms with Gasteiger partial charge in [-0.3, -0.25) is 0 Å². The number of nitrogens with zero attached hydrogens (tertiary/aromatic N) is 1. The zero-order valence-electron chi connectivity index (χ0n) is 8.49. The zero-order valence-corrected chi connectivity index (χ0v) is 9.31. The van der Waals surface area contributed by atoms with Crippen molar-refractivity contribution in [2.75, 3.05) is 0 Å². The lowest BCUT2D eigenvalue weighted by atomic mass is 9.94. The van der Waals surface area contributed by atoms with Crippen LogP contribution >= 0.6 is 11.3 Å². The quantitative estimate of drug-likeness (QED) is 0.759. The van der Waals surface area contributed by atoms with Crippen LogP contribution in [0.3, 0.4) is 0 Å². The second kappa shape index (κ2) is 4.24. The molecule has 76 valence electrons. The summed E-state index contributed by atoms with van der Waals surface area (Å²) in [5, 5.41) is 1.10. The van der Waals surface area contributed by atoms with Crippen molar-refractivity contribution in [3.05, 3.63) is 27.7 Å². The van der Waals surface area contributed by atoms with Gasteiger partial charge < -0.3 is 5.73 Å². The average Bonchev–Trinajstić information content (AvgIpc) is 2.65. The number of rotatable bonds is 2.